The molecule has 0 fully saturated rings. The van der Waals surface area contributed by atoms with Crippen molar-refractivity contribution in [3.63, 3.8) is 0 Å². The van der Waals surface area contributed by atoms with Crippen LogP contribution >= 0.6 is 8.25 Å². The summed E-state index contributed by atoms with van der Waals surface area (Å²) in [4.78, 5) is 32.9. The van der Waals surface area contributed by atoms with Gasteiger partial charge in [0.15, 0.2) is 0 Å². The maximum Gasteiger partial charge on any atom is 2.00 e. The third kappa shape index (κ3) is 24.7. The SMILES string of the molecule is O=[P+]([O-])O[Si](O)(O)O.[Ca+2].[H-].[H-].[H-].[H-].[Sr+2].[Zn]. The van der Waals surface area contributed by atoms with Crippen LogP contribution in [-0.4, -0.2) is 107 Å². The normalized spacial score (nSPS) is 10.0. The van der Waals surface area contributed by atoms with E-state index in [9.17, 15) is 9.46 Å². The minimum absolute atomic E-state index is 0. The van der Waals surface area contributed by atoms with E-state index in [4.69, 9.17) is 14.4 Å². The van der Waals surface area contributed by atoms with Gasteiger partial charge >= 0.3 is 101 Å². The van der Waals surface area contributed by atoms with Gasteiger partial charge in [0.25, 0.3) is 0 Å². The van der Waals surface area contributed by atoms with Gasteiger partial charge in [-0.3, -0.25) is 0 Å². The van der Waals surface area contributed by atoms with Gasteiger partial charge in [-0.2, -0.15) is 0 Å². The van der Waals surface area contributed by atoms with Gasteiger partial charge in [-0.05, 0) is 4.57 Å². The molecule has 3 N–H and O–H groups in total. The van der Waals surface area contributed by atoms with Crippen LogP contribution in [0.5, 0.6) is 0 Å². The van der Waals surface area contributed by atoms with E-state index in [0.29, 0.717) is 0 Å². The molecule has 0 bridgehead atoms. The van der Waals surface area contributed by atoms with E-state index < -0.39 is 17.3 Å². The maximum absolute atomic E-state index is 9.38. The molecule has 0 spiro atoms. The fourth-order valence-electron chi connectivity index (χ4n) is 0.100. The summed E-state index contributed by atoms with van der Waals surface area (Å²) in [5, 5.41) is 0. The van der Waals surface area contributed by atoms with Gasteiger partial charge in [0.05, 0.1) is 0 Å². The van der Waals surface area contributed by atoms with E-state index in [-0.39, 0.29) is 108 Å². The van der Waals surface area contributed by atoms with Gasteiger partial charge < -0.3 is 25.0 Å². The van der Waals surface area contributed by atoms with Crippen LogP contribution in [0.1, 0.15) is 5.71 Å². The summed E-state index contributed by atoms with van der Waals surface area (Å²) in [6.45, 7) is 0. The zero-order valence-electron chi connectivity index (χ0n) is 9.63. The molecular formula is H7CaO6PSiSrZn. The summed E-state index contributed by atoms with van der Waals surface area (Å²) < 4.78 is 12.6. The van der Waals surface area contributed by atoms with E-state index in [2.05, 4.69) is 4.21 Å². The van der Waals surface area contributed by atoms with Gasteiger partial charge in [-0.25, -0.2) is 0 Å². The fourth-order valence-corrected chi connectivity index (χ4v) is 0.900. The van der Waals surface area contributed by atoms with Crippen LogP contribution in [0.25, 0.3) is 0 Å². The van der Waals surface area contributed by atoms with Crippen LogP contribution in [0.15, 0.2) is 0 Å². The molecule has 0 saturated heterocycles. The van der Waals surface area contributed by atoms with Gasteiger partial charge in [0.2, 0.25) is 0 Å². The van der Waals surface area contributed by atoms with Crippen molar-refractivity contribution < 1.29 is 53.2 Å². The summed E-state index contributed by atoms with van der Waals surface area (Å²) in [6, 6.07) is 0. The molecule has 0 rings (SSSR count). The van der Waals surface area contributed by atoms with Crippen molar-refractivity contribution in [2.24, 2.45) is 0 Å². The number of hydrogen-bond donors (Lipinski definition) is 3. The molecule has 0 aromatic carbocycles. The Labute approximate surface area is 151 Å². The first-order valence-electron chi connectivity index (χ1n) is 1.42. The maximum atomic E-state index is 9.38. The Morgan fingerprint density at radius 2 is 1.73 bits per heavy atom. The van der Waals surface area contributed by atoms with Gasteiger partial charge in [-0.15, -0.1) is 4.21 Å². The van der Waals surface area contributed by atoms with Crippen LogP contribution in [0, 0.1) is 0 Å². The first kappa shape index (κ1) is 24.0. The zero-order chi connectivity index (χ0) is 6.78. The van der Waals surface area contributed by atoms with E-state index in [1.807, 2.05) is 0 Å². The second-order valence-electron chi connectivity index (χ2n) is 0.889. The average molecular weight is 355 g/mol. The largest absolute Gasteiger partial charge is 2.00 e. The molecule has 0 aliphatic carbocycles. The van der Waals surface area contributed by atoms with Crippen molar-refractivity contribution in [3.05, 3.63) is 0 Å². The first-order chi connectivity index (χ1) is 3.42. The molecule has 11 heavy (non-hydrogen) atoms. The third-order valence-electron chi connectivity index (χ3n) is 0.197. The molecule has 6 nitrogen and oxygen atoms in total. The molecular weight excluding hydrogens is 348 g/mol. The van der Waals surface area contributed by atoms with Crippen molar-refractivity contribution in [3.8, 4) is 0 Å². The first-order valence-corrected chi connectivity index (χ1v) is 4.27. The molecule has 1 atom stereocenters. The van der Waals surface area contributed by atoms with Crippen LogP contribution < -0.4 is 4.89 Å². The van der Waals surface area contributed by atoms with Crippen molar-refractivity contribution in [2.75, 3.05) is 0 Å². The van der Waals surface area contributed by atoms with Gasteiger partial charge in [0, 0.05) is 19.5 Å². The molecule has 0 aliphatic heterocycles. The molecule has 0 saturated carbocycles. The Kier molecular flexibility index (Phi) is 25.2. The van der Waals surface area contributed by atoms with Crippen molar-refractivity contribution in [1.29, 1.82) is 0 Å². The minimum atomic E-state index is -4.82. The third-order valence-corrected chi connectivity index (χ3v) is 1.77. The summed E-state index contributed by atoms with van der Waals surface area (Å²) >= 11 is 0. The van der Waals surface area contributed by atoms with Gasteiger partial charge in [0.1, 0.15) is 0 Å². The van der Waals surface area contributed by atoms with Crippen LogP contribution in [-0.2, 0) is 28.3 Å². The molecule has 0 radical (unpaired) electrons. The standard InChI is InChI=1S/Ca.H3O6PSi.Sr.Zn.4H/c;1-7(2)6-8(3,4)5;;;;;;/h;3-5H;;;;;;/q+2;;+2;;4*-1. The second kappa shape index (κ2) is 11.6. The zero-order valence-corrected chi connectivity index (χ0v) is 16.2. The quantitative estimate of drug-likeness (QED) is 0.363. The molecule has 0 heterocycles. The summed E-state index contributed by atoms with van der Waals surface area (Å²) in [5.74, 6) is 0. The number of rotatable bonds is 2. The number of hydrogen-bond acceptors (Lipinski definition) is 6. The van der Waals surface area contributed by atoms with Crippen LogP contribution in [0.2, 0.25) is 0 Å². The molecule has 11 heteroatoms. The van der Waals surface area contributed by atoms with E-state index in [0.717, 1.165) is 0 Å². The van der Waals surface area contributed by atoms with Crippen LogP contribution in [0.4, 0.5) is 0 Å². The summed E-state index contributed by atoms with van der Waals surface area (Å²) in [7, 11) is -8.19. The Morgan fingerprint density at radius 1 is 1.45 bits per heavy atom. The predicted octanol–water partition coefficient (Wildman–Crippen LogP) is -2.88. The van der Waals surface area contributed by atoms with Crippen molar-refractivity contribution in [1.82, 2.24) is 0 Å². The molecule has 0 aromatic heterocycles. The van der Waals surface area contributed by atoms with E-state index >= 15 is 0 Å². The van der Waals surface area contributed by atoms with E-state index in [1.54, 1.807) is 0 Å². The van der Waals surface area contributed by atoms with Crippen molar-refractivity contribution in [2.45, 2.75) is 0 Å². The minimum Gasteiger partial charge on any atom is -1.00 e. The van der Waals surface area contributed by atoms with Crippen LogP contribution in [0.3, 0.4) is 0 Å². The topological polar surface area (TPSA) is 110 Å². The summed E-state index contributed by atoms with van der Waals surface area (Å²) in [5.41, 5.74) is 0. The van der Waals surface area contributed by atoms with Gasteiger partial charge in [-0.1, -0.05) is 0 Å². The average Bonchev–Trinajstić information content (AvgIpc) is 1.21. The second-order valence-corrected chi connectivity index (χ2v) is 3.21. The Balaban J connectivity index is -0.0000000117. The molecule has 58 valence electrons. The smallest absolute Gasteiger partial charge is 1.00 e. The Hall–Kier alpha value is 3.48. The summed E-state index contributed by atoms with van der Waals surface area (Å²) in [6.07, 6.45) is 0. The monoisotopic (exact) mass is 354 g/mol. The molecule has 1 unspecified atom stereocenters. The molecule has 0 aromatic rings. The van der Waals surface area contributed by atoms with Crippen molar-refractivity contribution >= 4 is 101 Å². The fraction of sp³-hybridized carbons (Fsp3) is 0. The predicted molar refractivity (Wildman–Crippen MR) is 37.1 cm³/mol. The van der Waals surface area contributed by atoms with E-state index in [1.165, 1.54) is 0 Å². The molecule has 0 amide bonds. The Bertz CT molecular complexity index is 118. The Morgan fingerprint density at radius 3 is 1.73 bits per heavy atom. The molecule has 0 aliphatic rings.